The normalized spacial score (nSPS) is 33.7. The maximum Gasteiger partial charge on any atom is 0.317 e. The molecule has 0 aromatic heterocycles. The molecular formula is C10H17NO3. The molecule has 0 bridgehead atoms. The first-order valence-corrected chi connectivity index (χ1v) is 5.31. The van der Waals surface area contributed by atoms with Gasteiger partial charge in [-0.05, 0) is 18.8 Å². The number of aliphatic carboxylic acids is 1. The first-order valence-electron chi connectivity index (χ1n) is 5.31. The third-order valence-corrected chi connectivity index (χ3v) is 3.28. The van der Waals surface area contributed by atoms with Crippen LogP contribution in [0.5, 0.6) is 0 Å². The minimum absolute atomic E-state index is 0.171. The number of carboxylic acids is 1. The van der Waals surface area contributed by atoms with Crippen molar-refractivity contribution in [3.8, 4) is 0 Å². The third-order valence-electron chi connectivity index (χ3n) is 3.28. The molecule has 0 aromatic rings. The van der Waals surface area contributed by atoms with Gasteiger partial charge >= 0.3 is 5.97 Å². The van der Waals surface area contributed by atoms with E-state index in [1.165, 1.54) is 12.8 Å². The molecule has 1 aliphatic heterocycles. The van der Waals surface area contributed by atoms with Crippen molar-refractivity contribution < 1.29 is 14.6 Å². The van der Waals surface area contributed by atoms with Crippen molar-refractivity contribution in [2.45, 2.75) is 25.3 Å². The van der Waals surface area contributed by atoms with Crippen molar-refractivity contribution in [1.82, 2.24) is 4.90 Å². The molecule has 0 aromatic carbocycles. The van der Waals surface area contributed by atoms with Gasteiger partial charge in [0.1, 0.15) is 0 Å². The predicted molar refractivity (Wildman–Crippen MR) is 51.2 cm³/mol. The van der Waals surface area contributed by atoms with Crippen LogP contribution in [-0.2, 0) is 9.53 Å². The average molecular weight is 199 g/mol. The molecule has 1 saturated carbocycles. The summed E-state index contributed by atoms with van der Waals surface area (Å²) in [5.41, 5.74) is 0. The van der Waals surface area contributed by atoms with E-state index in [1.807, 2.05) is 0 Å². The molecule has 0 amide bonds. The Morgan fingerprint density at radius 2 is 2.36 bits per heavy atom. The van der Waals surface area contributed by atoms with E-state index in [9.17, 15) is 4.79 Å². The van der Waals surface area contributed by atoms with E-state index in [0.29, 0.717) is 18.6 Å². The number of carboxylic acid groups (broad SMARTS) is 1. The van der Waals surface area contributed by atoms with E-state index >= 15 is 0 Å². The van der Waals surface area contributed by atoms with Gasteiger partial charge in [-0.1, -0.05) is 6.42 Å². The standard InChI is InChI=1S/C10H17NO3/c12-10(13)6-11-4-5-14-7-8-2-1-3-9(8)11/h8-9H,1-7H2,(H,12,13)/t8-,9-/m0/s1. The Balaban J connectivity index is 2.01. The lowest BCUT2D eigenvalue weighted by Gasteiger charge is -2.27. The molecule has 80 valence electrons. The Bertz CT molecular complexity index is 219. The molecule has 0 spiro atoms. The average Bonchev–Trinajstić information content (AvgIpc) is 2.51. The number of carbonyl (C=O) groups is 1. The first-order chi connectivity index (χ1) is 6.77. The molecule has 2 rings (SSSR count). The monoisotopic (exact) mass is 199 g/mol. The summed E-state index contributed by atoms with van der Waals surface area (Å²) < 4.78 is 5.49. The van der Waals surface area contributed by atoms with E-state index in [1.54, 1.807) is 0 Å². The van der Waals surface area contributed by atoms with Crippen LogP contribution in [0.1, 0.15) is 19.3 Å². The fraction of sp³-hybridized carbons (Fsp3) is 0.900. The summed E-state index contributed by atoms with van der Waals surface area (Å²) in [6, 6.07) is 0.452. The second-order valence-corrected chi connectivity index (χ2v) is 4.20. The SMILES string of the molecule is O=C(O)CN1CCOC[C@@H]2CCC[C@@H]21. The Labute approximate surface area is 83.8 Å². The summed E-state index contributed by atoms with van der Waals surface area (Å²) in [6.45, 7) is 2.44. The van der Waals surface area contributed by atoms with Gasteiger partial charge in [0, 0.05) is 12.6 Å². The lowest BCUT2D eigenvalue weighted by atomic mass is 10.0. The molecule has 0 radical (unpaired) electrons. The molecule has 1 saturated heterocycles. The van der Waals surface area contributed by atoms with Crippen LogP contribution in [0.2, 0.25) is 0 Å². The largest absolute Gasteiger partial charge is 0.480 e. The molecule has 0 unspecified atom stereocenters. The van der Waals surface area contributed by atoms with Crippen molar-refractivity contribution in [3.05, 3.63) is 0 Å². The van der Waals surface area contributed by atoms with Gasteiger partial charge in [0.05, 0.1) is 19.8 Å². The van der Waals surface area contributed by atoms with Gasteiger partial charge in [0.15, 0.2) is 0 Å². The molecule has 1 aliphatic carbocycles. The van der Waals surface area contributed by atoms with Crippen LogP contribution in [0.4, 0.5) is 0 Å². The third kappa shape index (κ3) is 2.07. The zero-order valence-electron chi connectivity index (χ0n) is 8.32. The number of rotatable bonds is 2. The minimum atomic E-state index is -0.724. The predicted octanol–water partition coefficient (Wildman–Crippen LogP) is 0.572. The molecule has 1 N–H and O–H groups in total. The summed E-state index contributed by atoms with van der Waals surface area (Å²) >= 11 is 0. The van der Waals surface area contributed by atoms with Crippen molar-refractivity contribution in [1.29, 1.82) is 0 Å². The van der Waals surface area contributed by atoms with Gasteiger partial charge in [0.25, 0.3) is 0 Å². The van der Waals surface area contributed by atoms with Gasteiger partial charge in [-0.3, -0.25) is 9.69 Å². The topological polar surface area (TPSA) is 49.8 Å². The van der Waals surface area contributed by atoms with Gasteiger partial charge in [-0.15, -0.1) is 0 Å². The molecule has 2 fully saturated rings. The fourth-order valence-electron chi connectivity index (χ4n) is 2.64. The van der Waals surface area contributed by atoms with E-state index in [-0.39, 0.29) is 6.54 Å². The maximum absolute atomic E-state index is 10.7. The number of hydrogen-bond donors (Lipinski definition) is 1. The lowest BCUT2D eigenvalue weighted by Crippen LogP contribution is -2.41. The summed E-state index contributed by atoms with van der Waals surface area (Å²) in [6.07, 6.45) is 3.55. The number of hydrogen-bond acceptors (Lipinski definition) is 3. The summed E-state index contributed by atoms with van der Waals surface area (Å²) in [5, 5.41) is 8.80. The number of ether oxygens (including phenoxy) is 1. The fourth-order valence-corrected chi connectivity index (χ4v) is 2.64. The first kappa shape index (κ1) is 9.93. The zero-order chi connectivity index (χ0) is 9.97. The van der Waals surface area contributed by atoms with Crippen molar-refractivity contribution in [3.63, 3.8) is 0 Å². The van der Waals surface area contributed by atoms with E-state index < -0.39 is 5.97 Å². The lowest BCUT2D eigenvalue weighted by molar-refractivity contribution is -0.139. The summed E-state index contributed by atoms with van der Waals surface area (Å²) in [5.74, 6) is -0.158. The second-order valence-electron chi connectivity index (χ2n) is 4.20. The molecule has 4 nitrogen and oxygen atoms in total. The highest BCUT2D eigenvalue weighted by molar-refractivity contribution is 5.69. The minimum Gasteiger partial charge on any atom is -0.480 e. The van der Waals surface area contributed by atoms with Gasteiger partial charge in [-0.2, -0.15) is 0 Å². The van der Waals surface area contributed by atoms with Crippen LogP contribution in [-0.4, -0.2) is 48.3 Å². The van der Waals surface area contributed by atoms with Crippen LogP contribution in [0.15, 0.2) is 0 Å². The second kappa shape index (κ2) is 4.28. The Morgan fingerprint density at radius 1 is 1.50 bits per heavy atom. The Morgan fingerprint density at radius 3 is 3.14 bits per heavy atom. The van der Waals surface area contributed by atoms with Crippen LogP contribution in [0, 0.1) is 5.92 Å². The van der Waals surface area contributed by atoms with Crippen molar-refractivity contribution in [2.75, 3.05) is 26.3 Å². The van der Waals surface area contributed by atoms with Crippen LogP contribution in [0.3, 0.4) is 0 Å². The van der Waals surface area contributed by atoms with Gasteiger partial charge < -0.3 is 9.84 Å². The highest BCUT2D eigenvalue weighted by atomic mass is 16.5. The molecule has 2 atom stereocenters. The molecule has 14 heavy (non-hydrogen) atoms. The molecular weight excluding hydrogens is 182 g/mol. The quantitative estimate of drug-likeness (QED) is 0.706. The van der Waals surface area contributed by atoms with Crippen LogP contribution >= 0.6 is 0 Å². The van der Waals surface area contributed by atoms with E-state index in [2.05, 4.69) is 4.90 Å². The number of nitrogens with zero attached hydrogens (tertiary/aromatic N) is 1. The van der Waals surface area contributed by atoms with Gasteiger partial charge in [-0.25, -0.2) is 0 Å². The zero-order valence-corrected chi connectivity index (χ0v) is 8.32. The van der Waals surface area contributed by atoms with Gasteiger partial charge in [0.2, 0.25) is 0 Å². The summed E-state index contributed by atoms with van der Waals surface area (Å²) in [4.78, 5) is 12.8. The summed E-state index contributed by atoms with van der Waals surface area (Å²) in [7, 11) is 0. The smallest absolute Gasteiger partial charge is 0.317 e. The van der Waals surface area contributed by atoms with Crippen LogP contribution < -0.4 is 0 Å². The molecule has 2 aliphatic rings. The van der Waals surface area contributed by atoms with E-state index in [0.717, 1.165) is 19.6 Å². The maximum atomic E-state index is 10.7. The van der Waals surface area contributed by atoms with Crippen molar-refractivity contribution in [2.24, 2.45) is 5.92 Å². The highest BCUT2D eigenvalue weighted by Gasteiger charge is 2.34. The Kier molecular flexibility index (Phi) is 3.03. The Hall–Kier alpha value is -0.610. The molecule has 4 heteroatoms. The highest BCUT2D eigenvalue weighted by Crippen LogP contribution is 2.31. The van der Waals surface area contributed by atoms with Crippen molar-refractivity contribution >= 4 is 5.97 Å². The number of fused-ring (bicyclic) bond motifs is 1. The van der Waals surface area contributed by atoms with E-state index in [4.69, 9.17) is 9.84 Å². The molecule has 1 heterocycles. The van der Waals surface area contributed by atoms with Crippen LogP contribution in [0.25, 0.3) is 0 Å².